The minimum Gasteiger partial charge on any atom is -0.387 e. The van der Waals surface area contributed by atoms with Crippen molar-refractivity contribution in [3.63, 3.8) is 0 Å². The first-order chi connectivity index (χ1) is 11.4. The van der Waals surface area contributed by atoms with Gasteiger partial charge in [-0.25, -0.2) is 28.1 Å². The van der Waals surface area contributed by atoms with Crippen molar-refractivity contribution in [2.24, 2.45) is 7.05 Å². The second kappa shape index (κ2) is 6.46. The lowest BCUT2D eigenvalue weighted by atomic mass is 9.93. The smallest absolute Gasteiger partial charge is 0.259 e. The maximum Gasteiger partial charge on any atom is 0.259 e. The third-order valence-electron chi connectivity index (χ3n) is 3.94. The molecule has 10 heteroatoms. The van der Waals surface area contributed by atoms with Crippen molar-refractivity contribution in [2.45, 2.75) is 23.5 Å². The number of rotatable bonds is 5. The average Bonchev–Trinajstić information content (AvgIpc) is 3.02. The maximum absolute atomic E-state index is 12.2. The second-order valence-electron chi connectivity index (χ2n) is 6.00. The van der Waals surface area contributed by atoms with Crippen LogP contribution in [0.5, 0.6) is 0 Å². The highest BCUT2D eigenvalue weighted by Gasteiger charge is 2.35. The van der Waals surface area contributed by atoms with Crippen LogP contribution in [-0.2, 0) is 17.1 Å². The number of nitrogens with one attached hydrogen (secondary N) is 1. The van der Waals surface area contributed by atoms with Gasteiger partial charge in [-0.3, -0.25) is 0 Å². The molecule has 0 amide bonds. The molecule has 1 atom stereocenters. The van der Waals surface area contributed by atoms with Crippen LogP contribution in [0.25, 0.3) is 0 Å². The van der Waals surface area contributed by atoms with Gasteiger partial charge < -0.3 is 14.6 Å². The van der Waals surface area contributed by atoms with Crippen LogP contribution in [0.3, 0.4) is 0 Å². The van der Waals surface area contributed by atoms with Crippen molar-refractivity contribution in [2.75, 3.05) is 24.5 Å². The third kappa shape index (κ3) is 3.71. The SMILES string of the molecule is Cn1cnc(S(=O)(=O)NCC2(O)CCCN(c3ncccn3)C2)c1. The standard InChI is InChI=1S/C14H20N6O3S/c1-19-8-12(17-11-19)24(22,23)18-9-14(21)4-2-7-20(10-14)13-15-5-3-6-16-13/h3,5-6,8,11,18,21H,2,4,7,9-10H2,1H3. The van der Waals surface area contributed by atoms with Crippen molar-refractivity contribution < 1.29 is 13.5 Å². The maximum atomic E-state index is 12.2. The van der Waals surface area contributed by atoms with Crippen LogP contribution >= 0.6 is 0 Å². The van der Waals surface area contributed by atoms with Gasteiger partial charge in [-0.2, -0.15) is 0 Å². The summed E-state index contributed by atoms with van der Waals surface area (Å²) in [5.74, 6) is 0.531. The number of aryl methyl sites for hydroxylation is 1. The zero-order valence-electron chi connectivity index (χ0n) is 13.3. The van der Waals surface area contributed by atoms with E-state index in [2.05, 4.69) is 19.7 Å². The summed E-state index contributed by atoms with van der Waals surface area (Å²) >= 11 is 0. The first-order valence-electron chi connectivity index (χ1n) is 7.60. The molecule has 0 saturated carbocycles. The number of aliphatic hydroxyl groups is 1. The van der Waals surface area contributed by atoms with Crippen LogP contribution in [0.4, 0.5) is 5.95 Å². The molecule has 2 aromatic rings. The van der Waals surface area contributed by atoms with Crippen LogP contribution in [0, 0.1) is 0 Å². The quantitative estimate of drug-likeness (QED) is 0.747. The number of sulfonamides is 1. The summed E-state index contributed by atoms with van der Waals surface area (Å²) in [6, 6.07) is 1.72. The monoisotopic (exact) mass is 352 g/mol. The van der Waals surface area contributed by atoms with Gasteiger partial charge in [-0.15, -0.1) is 0 Å². The Morgan fingerprint density at radius 1 is 1.33 bits per heavy atom. The lowest BCUT2D eigenvalue weighted by Gasteiger charge is -2.39. The zero-order chi connectivity index (χ0) is 17.2. The molecule has 9 nitrogen and oxygen atoms in total. The van der Waals surface area contributed by atoms with E-state index in [1.54, 1.807) is 30.1 Å². The van der Waals surface area contributed by atoms with Crippen LogP contribution in [0.15, 0.2) is 36.0 Å². The molecule has 1 aliphatic heterocycles. The van der Waals surface area contributed by atoms with Crippen LogP contribution < -0.4 is 9.62 Å². The lowest BCUT2D eigenvalue weighted by molar-refractivity contribution is 0.0307. The van der Waals surface area contributed by atoms with Gasteiger partial charge in [0.05, 0.1) is 18.5 Å². The molecule has 3 heterocycles. The zero-order valence-corrected chi connectivity index (χ0v) is 14.1. The van der Waals surface area contributed by atoms with E-state index in [9.17, 15) is 13.5 Å². The Hall–Kier alpha value is -2.04. The van der Waals surface area contributed by atoms with Crippen molar-refractivity contribution in [3.05, 3.63) is 31.0 Å². The highest BCUT2D eigenvalue weighted by molar-refractivity contribution is 7.89. The molecule has 130 valence electrons. The normalized spacial score (nSPS) is 21.8. The third-order valence-corrected chi connectivity index (χ3v) is 5.22. The van der Waals surface area contributed by atoms with Gasteiger partial charge in [-0.1, -0.05) is 0 Å². The molecule has 1 fully saturated rings. The Labute approximate surface area is 140 Å². The lowest BCUT2D eigenvalue weighted by Crippen LogP contribution is -2.54. The summed E-state index contributed by atoms with van der Waals surface area (Å²) in [4.78, 5) is 14.1. The molecule has 0 bridgehead atoms. The van der Waals surface area contributed by atoms with Crippen LogP contribution in [0.2, 0.25) is 0 Å². The second-order valence-corrected chi connectivity index (χ2v) is 7.71. The van der Waals surface area contributed by atoms with Gasteiger partial charge in [0.25, 0.3) is 10.0 Å². The van der Waals surface area contributed by atoms with E-state index in [4.69, 9.17) is 0 Å². The first-order valence-corrected chi connectivity index (χ1v) is 9.08. The Balaban J connectivity index is 1.67. The predicted octanol–water partition coefficient (Wildman–Crippen LogP) is -0.480. The predicted molar refractivity (Wildman–Crippen MR) is 86.8 cm³/mol. The summed E-state index contributed by atoms with van der Waals surface area (Å²) < 4.78 is 28.5. The molecule has 0 aromatic carbocycles. The van der Waals surface area contributed by atoms with E-state index in [-0.39, 0.29) is 18.1 Å². The molecule has 2 N–H and O–H groups in total. The highest BCUT2D eigenvalue weighted by Crippen LogP contribution is 2.23. The molecule has 1 unspecified atom stereocenters. The van der Waals surface area contributed by atoms with Crippen LogP contribution in [-0.4, -0.2) is 58.3 Å². The van der Waals surface area contributed by atoms with Crippen molar-refractivity contribution in [1.29, 1.82) is 0 Å². The van der Waals surface area contributed by atoms with Gasteiger partial charge in [0.1, 0.15) is 0 Å². The van der Waals surface area contributed by atoms with E-state index in [0.717, 1.165) is 13.0 Å². The van der Waals surface area contributed by atoms with Gasteiger partial charge in [-0.05, 0) is 18.9 Å². The van der Waals surface area contributed by atoms with E-state index in [1.165, 1.54) is 12.5 Å². The highest BCUT2D eigenvalue weighted by atomic mass is 32.2. The minimum absolute atomic E-state index is 0.0624. The number of piperidine rings is 1. The number of anilines is 1. The van der Waals surface area contributed by atoms with E-state index in [0.29, 0.717) is 12.4 Å². The minimum atomic E-state index is -3.75. The fraction of sp³-hybridized carbons (Fsp3) is 0.500. The fourth-order valence-corrected chi connectivity index (χ4v) is 3.81. The Kier molecular flexibility index (Phi) is 4.52. The van der Waals surface area contributed by atoms with Gasteiger partial charge in [0, 0.05) is 38.7 Å². The number of aromatic nitrogens is 4. The van der Waals surface area contributed by atoms with Crippen LogP contribution in [0.1, 0.15) is 12.8 Å². The molecule has 0 spiro atoms. The number of imidazole rings is 1. The van der Waals surface area contributed by atoms with Gasteiger partial charge in [0.2, 0.25) is 5.95 Å². The first kappa shape index (κ1) is 16.8. The summed E-state index contributed by atoms with van der Waals surface area (Å²) in [5.41, 5.74) is -1.18. The molecule has 0 aliphatic carbocycles. The Bertz CT molecular complexity index is 794. The van der Waals surface area contributed by atoms with E-state index < -0.39 is 15.6 Å². The molecule has 24 heavy (non-hydrogen) atoms. The Morgan fingerprint density at radius 3 is 2.75 bits per heavy atom. The number of nitrogens with zero attached hydrogens (tertiary/aromatic N) is 5. The number of β-amino-alcohol motifs (C(OH)–C–C–N with tert-alkyl or cyclic N) is 1. The van der Waals surface area contributed by atoms with Crippen molar-refractivity contribution >= 4 is 16.0 Å². The largest absolute Gasteiger partial charge is 0.387 e. The number of hydrogen-bond donors (Lipinski definition) is 2. The summed E-state index contributed by atoms with van der Waals surface area (Å²) in [6.07, 6.45) is 7.33. The van der Waals surface area contributed by atoms with Crippen molar-refractivity contribution in [1.82, 2.24) is 24.2 Å². The van der Waals surface area contributed by atoms with Crippen molar-refractivity contribution in [3.8, 4) is 0 Å². The molecule has 3 rings (SSSR count). The summed E-state index contributed by atoms with van der Waals surface area (Å²) in [7, 11) is -2.06. The van der Waals surface area contributed by atoms with Gasteiger partial charge in [0.15, 0.2) is 5.03 Å². The van der Waals surface area contributed by atoms with E-state index in [1.807, 2.05) is 4.90 Å². The molecule has 0 radical (unpaired) electrons. The summed E-state index contributed by atoms with van der Waals surface area (Å²) in [5, 5.41) is 10.7. The van der Waals surface area contributed by atoms with Gasteiger partial charge >= 0.3 is 0 Å². The molecule has 1 saturated heterocycles. The topological polar surface area (TPSA) is 113 Å². The van der Waals surface area contributed by atoms with E-state index >= 15 is 0 Å². The number of hydrogen-bond acceptors (Lipinski definition) is 7. The summed E-state index contributed by atoms with van der Waals surface area (Å²) in [6.45, 7) is 0.899. The molecule has 1 aliphatic rings. The average molecular weight is 352 g/mol. The fourth-order valence-electron chi connectivity index (χ4n) is 2.71. The Morgan fingerprint density at radius 2 is 2.08 bits per heavy atom. The molecule has 2 aromatic heterocycles. The molecular weight excluding hydrogens is 332 g/mol. The molecular formula is C14H20N6O3S.